The Bertz CT molecular complexity index is 314. The highest BCUT2D eigenvalue weighted by Gasteiger charge is 2.28. The first-order valence-corrected chi connectivity index (χ1v) is 6.90. The molecule has 1 aromatic rings. The van der Waals surface area contributed by atoms with Gasteiger partial charge in [0.25, 0.3) is 0 Å². The van der Waals surface area contributed by atoms with Crippen molar-refractivity contribution >= 4 is 41.7 Å². The Morgan fingerprint density at radius 2 is 1.81 bits per heavy atom. The number of hydrogen-bond acceptors (Lipinski definition) is 4. The highest BCUT2D eigenvalue weighted by molar-refractivity contribution is 8.02. The van der Waals surface area contributed by atoms with Crippen molar-refractivity contribution in [3.63, 3.8) is 0 Å². The largest absolute Gasteiger partial charge is 0.673 e. The van der Waals surface area contributed by atoms with E-state index in [1.54, 1.807) is 34.4 Å². The average molecular weight is 294 g/mol. The quantitative estimate of drug-likeness (QED) is 0.339. The van der Waals surface area contributed by atoms with Crippen LogP contribution in [-0.4, -0.2) is 26.7 Å². The van der Waals surface area contributed by atoms with Crippen LogP contribution in [0.2, 0.25) is 0 Å². The van der Waals surface area contributed by atoms with Crippen LogP contribution in [-0.2, 0) is 0 Å². The minimum atomic E-state index is -6.00. The number of halogens is 4. The van der Waals surface area contributed by atoms with Crippen LogP contribution in [0.15, 0.2) is 3.52 Å². The molecule has 0 amide bonds. The lowest BCUT2D eigenvalue weighted by molar-refractivity contribution is 0.183. The van der Waals surface area contributed by atoms with Crippen LogP contribution >= 0.6 is 34.4 Å². The van der Waals surface area contributed by atoms with Gasteiger partial charge >= 0.3 is 20.9 Å². The van der Waals surface area contributed by atoms with Crippen LogP contribution in [0.4, 0.5) is 17.3 Å². The minimum Gasteiger partial charge on any atom is -0.459 e. The second-order valence-corrected chi connectivity index (χ2v) is 5.98. The molecule has 0 saturated heterocycles. The summed E-state index contributed by atoms with van der Waals surface area (Å²) in [6, 6.07) is 0. The molecular formula is C6H7BF4O2S3. The van der Waals surface area contributed by atoms with E-state index in [-0.39, 0.29) is 0 Å². The number of thioether (sulfide) groups is 1. The smallest absolute Gasteiger partial charge is 0.459 e. The first kappa shape index (κ1) is 13.8. The van der Waals surface area contributed by atoms with Crippen LogP contribution in [0.3, 0.4) is 0 Å². The maximum absolute atomic E-state index is 9.75. The van der Waals surface area contributed by atoms with Gasteiger partial charge in [0.15, 0.2) is 0 Å². The van der Waals surface area contributed by atoms with Gasteiger partial charge in [-0.2, -0.15) is 0 Å². The summed E-state index contributed by atoms with van der Waals surface area (Å²) < 4.78 is 51.1. The SMILES string of the molecule is CSc1sc2c([s+]1)OCCO2.F[B-](F)(F)F. The summed E-state index contributed by atoms with van der Waals surface area (Å²) in [6.07, 6.45) is 2.06. The van der Waals surface area contributed by atoms with Crippen molar-refractivity contribution in [3.05, 3.63) is 0 Å². The molecule has 0 atom stereocenters. The summed E-state index contributed by atoms with van der Waals surface area (Å²) >= 11 is 5.08. The molecule has 0 aliphatic carbocycles. The standard InChI is InChI=1S/C6H7O2S3.BF4/c1-9-6-10-4-5(11-6)8-3-2-7-4;2-1(3,4)5/h2-3H2,1H3;/q+1;-1. The molecular weight excluding hydrogens is 287 g/mol. The minimum absolute atomic E-state index is 0.689. The highest BCUT2D eigenvalue weighted by Crippen LogP contribution is 2.47. The number of fused-ring (bicyclic) bond motifs is 1. The first-order valence-electron chi connectivity index (χ1n) is 4.04. The molecule has 0 radical (unpaired) electrons. The van der Waals surface area contributed by atoms with E-state index in [4.69, 9.17) is 9.47 Å². The first-order chi connectivity index (χ1) is 7.40. The summed E-state index contributed by atoms with van der Waals surface area (Å²) in [4.78, 5) is 0. The molecule has 0 bridgehead atoms. The van der Waals surface area contributed by atoms with Gasteiger partial charge in [0.05, 0.1) is 0 Å². The summed E-state index contributed by atoms with van der Waals surface area (Å²) in [5.41, 5.74) is 0. The van der Waals surface area contributed by atoms with Gasteiger partial charge in [-0.15, -0.1) is 0 Å². The van der Waals surface area contributed by atoms with Gasteiger partial charge in [0, 0.05) is 0 Å². The third-order valence-electron chi connectivity index (χ3n) is 1.24. The fraction of sp³-hybridized carbons (Fsp3) is 0.500. The molecule has 10 heteroatoms. The van der Waals surface area contributed by atoms with Gasteiger partial charge in [0.1, 0.15) is 35.9 Å². The van der Waals surface area contributed by atoms with Gasteiger partial charge in [0.2, 0.25) is 0 Å². The molecule has 0 saturated carbocycles. The van der Waals surface area contributed by atoms with Gasteiger partial charge in [-0.3, -0.25) is 0 Å². The van der Waals surface area contributed by atoms with Gasteiger partial charge in [-0.1, -0.05) is 11.8 Å². The zero-order valence-corrected chi connectivity index (χ0v) is 10.5. The van der Waals surface area contributed by atoms with Crippen molar-refractivity contribution in [2.45, 2.75) is 3.52 Å². The number of ether oxygens (including phenoxy) is 2. The van der Waals surface area contributed by atoms with E-state index < -0.39 is 7.25 Å². The lowest BCUT2D eigenvalue weighted by atomic mass is 10.3. The van der Waals surface area contributed by atoms with Gasteiger partial charge < -0.3 is 26.7 Å². The van der Waals surface area contributed by atoms with Crippen LogP contribution < -0.4 is 9.47 Å². The van der Waals surface area contributed by atoms with Gasteiger partial charge in [-0.25, -0.2) is 0 Å². The maximum atomic E-state index is 9.75. The predicted octanol–water partition coefficient (Wildman–Crippen LogP) is 3.88. The van der Waals surface area contributed by atoms with E-state index >= 15 is 0 Å². The Hall–Kier alpha value is -0.215. The molecule has 0 spiro atoms. The zero-order valence-electron chi connectivity index (χ0n) is 8.04. The number of hydrogen-bond donors (Lipinski definition) is 0. The predicted molar refractivity (Wildman–Crippen MR) is 59.6 cm³/mol. The Kier molecular flexibility index (Phi) is 5.12. The molecule has 1 aliphatic rings. The third kappa shape index (κ3) is 5.22. The van der Waals surface area contributed by atoms with Crippen molar-refractivity contribution in [2.24, 2.45) is 0 Å². The molecule has 0 N–H and O–H groups in total. The van der Waals surface area contributed by atoms with Crippen molar-refractivity contribution in [1.82, 2.24) is 0 Å². The lowest BCUT2D eigenvalue weighted by Gasteiger charge is -2.06. The van der Waals surface area contributed by atoms with Crippen LogP contribution in [0, 0.1) is 0 Å². The van der Waals surface area contributed by atoms with Crippen molar-refractivity contribution in [1.29, 1.82) is 0 Å². The van der Waals surface area contributed by atoms with E-state index in [1.807, 2.05) is 0 Å². The second kappa shape index (κ2) is 5.92. The van der Waals surface area contributed by atoms with Crippen molar-refractivity contribution in [2.75, 3.05) is 19.5 Å². The zero-order chi connectivity index (χ0) is 12.2. The average Bonchev–Trinajstić information content (AvgIpc) is 2.57. The van der Waals surface area contributed by atoms with Gasteiger partial charge in [-0.05, 0) is 6.26 Å². The molecule has 92 valence electrons. The molecule has 1 aliphatic heterocycles. The molecule has 0 aromatic carbocycles. The van der Waals surface area contributed by atoms with Crippen LogP contribution in [0.5, 0.6) is 10.1 Å². The maximum Gasteiger partial charge on any atom is 0.673 e. The lowest BCUT2D eigenvalue weighted by Crippen LogP contribution is -2.12. The van der Waals surface area contributed by atoms with Crippen molar-refractivity contribution in [3.8, 4) is 10.1 Å². The number of rotatable bonds is 1. The van der Waals surface area contributed by atoms with E-state index in [2.05, 4.69) is 6.26 Å². The van der Waals surface area contributed by atoms with Crippen LogP contribution in [0.25, 0.3) is 0 Å². The van der Waals surface area contributed by atoms with E-state index in [0.717, 1.165) is 10.1 Å². The molecule has 0 unspecified atom stereocenters. The second-order valence-electron chi connectivity index (χ2n) is 2.42. The Morgan fingerprint density at radius 3 is 2.31 bits per heavy atom. The fourth-order valence-corrected chi connectivity index (χ4v) is 3.65. The molecule has 2 heterocycles. The molecule has 2 rings (SSSR count). The van der Waals surface area contributed by atoms with Crippen molar-refractivity contribution < 1.29 is 26.7 Å². The Labute approximate surface area is 102 Å². The highest BCUT2D eigenvalue weighted by atomic mass is 32.2. The normalized spacial score (nSPS) is 14.1. The molecule has 1 aromatic heterocycles. The molecule has 0 fully saturated rings. The monoisotopic (exact) mass is 294 g/mol. The third-order valence-corrected chi connectivity index (χ3v) is 5.01. The Balaban J connectivity index is 0.000000221. The summed E-state index contributed by atoms with van der Waals surface area (Å²) in [6.45, 7) is 1.38. The molecule has 16 heavy (non-hydrogen) atoms. The Morgan fingerprint density at radius 1 is 1.25 bits per heavy atom. The summed E-state index contributed by atoms with van der Waals surface area (Å²) in [5, 5.41) is 1.90. The van der Waals surface area contributed by atoms with E-state index in [1.165, 1.54) is 3.52 Å². The van der Waals surface area contributed by atoms with E-state index in [0.29, 0.717) is 13.2 Å². The fourth-order valence-electron chi connectivity index (χ4n) is 0.784. The van der Waals surface area contributed by atoms with Crippen LogP contribution in [0.1, 0.15) is 0 Å². The topological polar surface area (TPSA) is 18.5 Å². The summed E-state index contributed by atoms with van der Waals surface area (Å²) in [5.74, 6) is 0. The van der Waals surface area contributed by atoms with E-state index in [9.17, 15) is 17.3 Å². The molecule has 2 nitrogen and oxygen atoms in total. The summed E-state index contributed by atoms with van der Waals surface area (Å²) in [7, 11) is -6.00.